The Kier molecular flexibility index (Phi) is 6.59. The Morgan fingerprint density at radius 2 is 1.86 bits per heavy atom. The van der Waals surface area contributed by atoms with Crippen molar-refractivity contribution in [2.24, 2.45) is 5.92 Å². The number of nitrogens with zero attached hydrogens (tertiary/aromatic N) is 4. The summed E-state index contributed by atoms with van der Waals surface area (Å²) in [6, 6.07) is 13.5. The quantitative estimate of drug-likeness (QED) is 0.551. The first-order chi connectivity index (χ1) is 17.4. The molecule has 3 aromatic rings. The number of hydrogen-bond donors (Lipinski definition) is 1. The van der Waals surface area contributed by atoms with Crippen LogP contribution in [0.5, 0.6) is 5.75 Å². The van der Waals surface area contributed by atoms with Gasteiger partial charge >= 0.3 is 6.03 Å². The average molecular weight is 486 g/mol. The number of benzene rings is 2. The number of rotatable bonds is 5. The topological polar surface area (TPSA) is 87.7 Å². The van der Waals surface area contributed by atoms with E-state index in [0.717, 1.165) is 47.5 Å². The fourth-order valence-corrected chi connectivity index (χ4v) is 4.85. The van der Waals surface area contributed by atoms with Crippen LogP contribution in [-0.2, 0) is 11.2 Å². The number of hydrogen-bond acceptors (Lipinski definition) is 6. The minimum Gasteiger partial charge on any atom is -0.487 e. The highest BCUT2D eigenvalue weighted by Gasteiger charge is 2.29. The minimum atomic E-state index is -0.179. The van der Waals surface area contributed by atoms with Crippen molar-refractivity contribution >= 4 is 29.1 Å². The summed E-state index contributed by atoms with van der Waals surface area (Å²) in [5.41, 5.74) is 4.42. The van der Waals surface area contributed by atoms with Gasteiger partial charge in [0.15, 0.2) is 0 Å². The molecular weight excluding hydrogens is 454 g/mol. The van der Waals surface area contributed by atoms with Crippen LogP contribution in [0.1, 0.15) is 32.8 Å². The SMILES string of the molecule is CCc1ccccc1NC(=O)N1CC(C)Oc2cc(-c3cnc(N4CCC(C(C)=O)C4)nc3)ccc21. The van der Waals surface area contributed by atoms with Crippen LogP contribution in [0.25, 0.3) is 11.1 Å². The second-order valence-electron chi connectivity index (χ2n) is 9.48. The van der Waals surface area contributed by atoms with Crippen LogP contribution in [0, 0.1) is 5.92 Å². The summed E-state index contributed by atoms with van der Waals surface area (Å²) < 4.78 is 6.11. The molecule has 8 heteroatoms. The number of para-hydroxylation sites is 1. The molecule has 1 aromatic heterocycles. The molecule has 8 nitrogen and oxygen atoms in total. The highest BCUT2D eigenvalue weighted by atomic mass is 16.5. The Hall–Kier alpha value is -3.94. The first-order valence-corrected chi connectivity index (χ1v) is 12.5. The van der Waals surface area contributed by atoms with Crippen LogP contribution in [0.2, 0.25) is 0 Å². The molecule has 1 saturated heterocycles. The number of ether oxygens (including phenoxy) is 1. The molecule has 186 valence electrons. The molecule has 0 aliphatic carbocycles. The maximum Gasteiger partial charge on any atom is 0.326 e. The third-order valence-electron chi connectivity index (χ3n) is 6.92. The van der Waals surface area contributed by atoms with Crippen molar-refractivity contribution < 1.29 is 14.3 Å². The molecule has 2 aliphatic heterocycles. The van der Waals surface area contributed by atoms with E-state index in [1.807, 2.05) is 49.4 Å². The molecule has 5 rings (SSSR count). The van der Waals surface area contributed by atoms with E-state index in [9.17, 15) is 9.59 Å². The summed E-state index contributed by atoms with van der Waals surface area (Å²) in [4.78, 5) is 37.8. The molecule has 2 atom stereocenters. The van der Waals surface area contributed by atoms with E-state index < -0.39 is 0 Å². The van der Waals surface area contributed by atoms with Crippen molar-refractivity contribution in [1.82, 2.24) is 9.97 Å². The lowest BCUT2D eigenvalue weighted by Crippen LogP contribution is -2.44. The lowest BCUT2D eigenvalue weighted by molar-refractivity contribution is -0.120. The maximum absolute atomic E-state index is 13.2. The zero-order valence-corrected chi connectivity index (χ0v) is 20.9. The lowest BCUT2D eigenvalue weighted by atomic mass is 10.1. The average Bonchev–Trinajstić information content (AvgIpc) is 3.39. The number of carbonyl (C=O) groups excluding carboxylic acids is 2. The molecule has 2 aromatic carbocycles. The van der Waals surface area contributed by atoms with Gasteiger partial charge in [0.25, 0.3) is 0 Å². The van der Waals surface area contributed by atoms with Gasteiger partial charge in [0.05, 0.1) is 12.2 Å². The van der Waals surface area contributed by atoms with Crippen LogP contribution in [-0.4, -0.2) is 47.5 Å². The van der Waals surface area contributed by atoms with Gasteiger partial charge in [-0.2, -0.15) is 0 Å². The monoisotopic (exact) mass is 485 g/mol. The normalized spacial score (nSPS) is 19.0. The van der Waals surface area contributed by atoms with E-state index in [1.54, 1.807) is 24.2 Å². The largest absolute Gasteiger partial charge is 0.487 e. The van der Waals surface area contributed by atoms with E-state index in [4.69, 9.17) is 4.74 Å². The first kappa shape index (κ1) is 23.8. The summed E-state index contributed by atoms with van der Waals surface area (Å²) in [7, 11) is 0. The van der Waals surface area contributed by atoms with Gasteiger partial charge in [0.1, 0.15) is 17.6 Å². The van der Waals surface area contributed by atoms with Crippen molar-refractivity contribution in [2.45, 2.75) is 39.7 Å². The number of fused-ring (bicyclic) bond motifs is 1. The summed E-state index contributed by atoms with van der Waals surface area (Å²) in [5, 5.41) is 3.07. The third-order valence-corrected chi connectivity index (χ3v) is 6.92. The highest BCUT2D eigenvalue weighted by molar-refractivity contribution is 6.03. The molecule has 36 heavy (non-hydrogen) atoms. The Morgan fingerprint density at radius 3 is 2.58 bits per heavy atom. The third kappa shape index (κ3) is 4.76. The smallest absolute Gasteiger partial charge is 0.326 e. The number of ketones is 1. The number of urea groups is 1. The van der Waals surface area contributed by atoms with Gasteiger partial charge in [-0.3, -0.25) is 9.69 Å². The van der Waals surface area contributed by atoms with Gasteiger partial charge in [0, 0.05) is 42.7 Å². The van der Waals surface area contributed by atoms with Gasteiger partial charge in [-0.15, -0.1) is 0 Å². The molecule has 1 fully saturated rings. The van der Waals surface area contributed by atoms with Gasteiger partial charge in [-0.1, -0.05) is 31.2 Å². The van der Waals surface area contributed by atoms with Gasteiger partial charge in [-0.25, -0.2) is 14.8 Å². The molecule has 2 amide bonds. The molecule has 0 bridgehead atoms. The summed E-state index contributed by atoms with van der Waals surface area (Å²) >= 11 is 0. The van der Waals surface area contributed by atoms with Crippen molar-refractivity contribution in [3.8, 4) is 16.9 Å². The molecule has 2 unspecified atom stereocenters. The predicted molar refractivity (Wildman–Crippen MR) is 141 cm³/mol. The Balaban J connectivity index is 1.35. The number of carbonyl (C=O) groups is 2. The zero-order chi connectivity index (χ0) is 25.2. The molecule has 0 saturated carbocycles. The number of Topliss-reactive ketones (excluding diaryl/α,β-unsaturated/α-hetero) is 1. The summed E-state index contributed by atoms with van der Waals surface area (Å²) in [6.07, 6.45) is 5.12. The molecule has 2 aliphatic rings. The Labute approximate surface area is 211 Å². The van der Waals surface area contributed by atoms with E-state index in [-0.39, 0.29) is 23.8 Å². The summed E-state index contributed by atoms with van der Waals surface area (Å²) in [5.74, 6) is 1.57. The predicted octanol–water partition coefficient (Wildman–Crippen LogP) is 4.94. The second-order valence-corrected chi connectivity index (χ2v) is 9.48. The zero-order valence-electron chi connectivity index (χ0n) is 20.9. The Bertz CT molecular complexity index is 1280. The van der Waals surface area contributed by atoms with E-state index >= 15 is 0 Å². The van der Waals surface area contributed by atoms with Crippen LogP contribution in [0.4, 0.5) is 22.1 Å². The molecule has 1 N–H and O–H groups in total. The van der Waals surface area contributed by atoms with Crippen LogP contribution in [0.3, 0.4) is 0 Å². The second kappa shape index (κ2) is 9.97. The molecule has 0 radical (unpaired) electrons. The number of nitrogens with one attached hydrogen (secondary N) is 1. The maximum atomic E-state index is 13.2. The molecular formula is C28H31N5O3. The van der Waals surface area contributed by atoms with Gasteiger partial charge < -0.3 is 15.0 Å². The van der Waals surface area contributed by atoms with Crippen LogP contribution < -0.4 is 19.9 Å². The number of anilines is 3. The molecule has 0 spiro atoms. The van der Waals surface area contributed by atoms with Crippen LogP contribution >= 0.6 is 0 Å². The van der Waals surface area contributed by atoms with Crippen molar-refractivity contribution in [2.75, 3.05) is 34.8 Å². The first-order valence-electron chi connectivity index (χ1n) is 12.5. The highest BCUT2D eigenvalue weighted by Crippen LogP contribution is 2.37. The number of aryl methyl sites for hydroxylation is 1. The fraction of sp³-hybridized carbons (Fsp3) is 0.357. The van der Waals surface area contributed by atoms with Crippen molar-refractivity contribution in [1.29, 1.82) is 0 Å². The van der Waals surface area contributed by atoms with Crippen LogP contribution in [0.15, 0.2) is 54.9 Å². The number of amides is 2. The van der Waals surface area contributed by atoms with Crippen molar-refractivity contribution in [3.05, 3.63) is 60.4 Å². The summed E-state index contributed by atoms with van der Waals surface area (Å²) in [6.45, 7) is 7.59. The molecule has 3 heterocycles. The Morgan fingerprint density at radius 1 is 1.08 bits per heavy atom. The number of aromatic nitrogens is 2. The van der Waals surface area contributed by atoms with E-state index in [2.05, 4.69) is 27.1 Å². The van der Waals surface area contributed by atoms with Crippen molar-refractivity contribution in [3.63, 3.8) is 0 Å². The fourth-order valence-electron chi connectivity index (χ4n) is 4.85. The lowest BCUT2D eigenvalue weighted by Gasteiger charge is -2.34. The van der Waals surface area contributed by atoms with E-state index in [0.29, 0.717) is 24.8 Å². The van der Waals surface area contributed by atoms with Gasteiger partial charge in [0.2, 0.25) is 5.95 Å². The van der Waals surface area contributed by atoms with Gasteiger partial charge in [-0.05, 0) is 56.0 Å². The minimum absolute atomic E-state index is 0.0589. The standard InChI is InChI=1S/C28H31N5O3/c1-4-20-7-5-6-8-24(20)31-28(35)33-16-18(2)36-26-13-21(9-10-25(26)33)23-14-29-27(30-15-23)32-12-11-22(17-32)19(3)34/h5-10,13-15,18,22H,4,11-12,16-17H2,1-3H3,(H,31,35). The van der Waals surface area contributed by atoms with E-state index in [1.165, 1.54) is 0 Å².